The first-order chi connectivity index (χ1) is 3.91. The molecule has 1 spiro atoms. The fraction of sp³-hybridized carbons (Fsp3) is 0.833. The predicted molar refractivity (Wildman–Crippen MR) is 30.2 cm³/mol. The first kappa shape index (κ1) is 4.77. The Morgan fingerprint density at radius 1 is 1.62 bits per heavy atom. The maximum atomic E-state index is 5.46. The summed E-state index contributed by atoms with van der Waals surface area (Å²) in [5.74, 6) is 0. The summed E-state index contributed by atoms with van der Waals surface area (Å²) in [6.07, 6.45) is 2.46. The van der Waals surface area contributed by atoms with Gasteiger partial charge < -0.3 is 10.1 Å². The minimum absolute atomic E-state index is 0.181. The van der Waals surface area contributed by atoms with Crippen molar-refractivity contribution >= 4 is 0 Å². The topological polar surface area (TPSA) is 21.3 Å². The first-order valence-electron chi connectivity index (χ1n) is 3.13. The molecule has 45 valence electrons. The number of hydrogen-bond donors (Lipinski definition) is 1. The highest BCUT2D eigenvalue weighted by molar-refractivity contribution is 5.06. The fourth-order valence-corrected chi connectivity index (χ4v) is 1.30. The highest BCUT2D eigenvalue weighted by Gasteiger charge is 2.41. The van der Waals surface area contributed by atoms with Gasteiger partial charge in [0, 0.05) is 13.2 Å². The zero-order chi connectivity index (χ0) is 5.45. The summed E-state index contributed by atoms with van der Waals surface area (Å²) < 4.78 is 5.46. The zero-order valence-electron chi connectivity index (χ0n) is 4.81. The summed E-state index contributed by atoms with van der Waals surface area (Å²) in [5, 5.41) is 3.09. The van der Waals surface area contributed by atoms with Gasteiger partial charge in [-0.15, -0.1) is 0 Å². The summed E-state index contributed by atoms with van der Waals surface area (Å²) >= 11 is 0. The van der Waals surface area contributed by atoms with Gasteiger partial charge in [-0.05, 0) is 12.8 Å². The second-order valence-corrected chi connectivity index (χ2v) is 2.54. The molecule has 2 heterocycles. The van der Waals surface area contributed by atoms with Gasteiger partial charge in [0.05, 0.1) is 12.1 Å². The smallest absolute Gasteiger partial charge is 0.0975 e. The van der Waals surface area contributed by atoms with Gasteiger partial charge in [-0.25, -0.2) is 0 Å². The highest BCUT2D eigenvalue weighted by Crippen LogP contribution is 2.31. The average Bonchev–Trinajstić information content (AvgIpc) is 2.07. The van der Waals surface area contributed by atoms with Gasteiger partial charge in [-0.3, -0.25) is 0 Å². The molecule has 0 bridgehead atoms. The zero-order valence-corrected chi connectivity index (χ0v) is 4.81. The highest BCUT2D eigenvalue weighted by atomic mass is 16.5. The van der Waals surface area contributed by atoms with Crippen LogP contribution in [0.4, 0.5) is 0 Å². The molecule has 2 rings (SSSR count). The van der Waals surface area contributed by atoms with Gasteiger partial charge in [-0.1, -0.05) is 0 Å². The summed E-state index contributed by atoms with van der Waals surface area (Å²) in [4.78, 5) is 0. The lowest BCUT2D eigenvalue weighted by Gasteiger charge is -2.37. The van der Waals surface area contributed by atoms with Gasteiger partial charge in [0.1, 0.15) is 0 Å². The van der Waals surface area contributed by atoms with E-state index in [1.54, 1.807) is 0 Å². The molecule has 2 aliphatic heterocycles. The second-order valence-electron chi connectivity index (χ2n) is 2.54. The maximum Gasteiger partial charge on any atom is 0.0975 e. The molecule has 1 atom stereocenters. The lowest BCUT2D eigenvalue weighted by Crippen LogP contribution is -2.54. The van der Waals surface area contributed by atoms with E-state index < -0.39 is 0 Å². The van der Waals surface area contributed by atoms with Crippen molar-refractivity contribution in [1.29, 1.82) is 0 Å². The molecule has 2 aliphatic rings. The van der Waals surface area contributed by atoms with E-state index in [0.717, 1.165) is 13.2 Å². The molecule has 0 amide bonds. The van der Waals surface area contributed by atoms with Crippen molar-refractivity contribution in [3.8, 4) is 0 Å². The normalized spacial score (nSPS) is 33.0. The molecule has 0 aromatic rings. The van der Waals surface area contributed by atoms with E-state index in [-0.39, 0.29) is 5.60 Å². The second kappa shape index (κ2) is 1.45. The van der Waals surface area contributed by atoms with Crippen LogP contribution in [0.5, 0.6) is 0 Å². The molecule has 0 aliphatic carbocycles. The number of ether oxygens (including phenoxy) is 1. The molecule has 1 unspecified atom stereocenters. The van der Waals surface area contributed by atoms with Crippen LogP contribution in [0, 0.1) is 6.54 Å². The van der Waals surface area contributed by atoms with Gasteiger partial charge in [0.2, 0.25) is 0 Å². The van der Waals surface area contributed by atoms with Crippen molar-refractivity contribution in [3.63, 3.8) is 0 Å². The number of nitrogens with one attached hydrogen (secondary N) is 1. The predicted octanol–water partition coefficient (Wildman–Crippen LogP) is 0.301. The molecule has 2 nitrogen and oxygen atoms in total. The van der Waals surface area contributed by atoms with E-state index in [1.165, 1.54) is 12.8 Å². The molecule has 1 N–H and O–H groups in total. The largest absolute Gasteiger partial charge is 0.372 e. The third-order valence-corrected chi connectivity index (χ3v) is 1.90. The molecule has 8 heavy (non-hydrogen) atoms. The summed E-state index contributed by atoms with van der Waals surface area (Å²) in [6.45, 7) is 4.06. The van der Waals surface area contributed by atoms with Crippen LogP contribution in [0.15, 0.2) is 0 Å². The Balaban J connectivity index is 2.01. The number of rotatable bonds is 0. The Kier molecular flexibility index (Phi) is 0.866. The Morgan fingerprint density at radius 2 is 2.50 bits per heavy atom. The van der Waals surface area contributed by atoms with Gasteiger partial charge in [-0.2, -0.15) is 0 Å². The minimum Gasteiger partial charge on any atom is -0.372 e. The Labute approximate surface area is 49.2 Å². The molecule has 1 radical (unpaired) electrons. The molecule has 2 saturated heterocycles. The lowest BCUT2D eigenvalue weighted by molar-refractivity contribution is -0.00696. The molecular weight excluding hydrogens is 102 g/mol. The summed E-state index contributed by atoms with van der Waals surface area (Å²) in [5.41, 5.74) is 0.181. The summed E-state index contributed by atoms with van der Waals surface area (Å²) in [7, 11) is 0. The molecular formula is C6H10NO. The van der Waals surface area contributed by atoms with Crippen LogP contribution in [0.1, 0.15) is 12.8 Å². The molecule has 0 aromatic carbocycles. The lowest BCUT2D eigenvalue weighted by atomic mass is 9.94. The van der Waals surface area contributed by atoms with Crippen molar-refractivity contribution < 1.29 is 4.74 Å². The van der Waals surface area contributed by atoms with Crippen molar-refractivity contribution in [2.45, 2.75) is 18.4 Å². The average molecular weight is 112 g/mol. The van der Waals surface area contributed by atoms with Crippen molar-refractivity contribution in [1.82, 2.24) is 5.32 Å². The quantitative estimate of drug-likeness (QED) is 0.486. The van der Waals surface area contributed by atoms with Crippen LogP contribution in [0.25, 0.3) is 0 Å². The fourth-order valence-electron chi connectivity index (χ4n) is 1.30. The van der Waals surface area contributed by atoms with Crippen molar-refractivity contribution in [2.75, 3.05) is 13.2 Å². The van der Waals surface area contributed by atoms with Gasteiger partial charge in [0.25, 0.3) is 0 Å². The SMILES string of the molecule is [CH]1NCC12CCCO2. The molecule has 2 fully saturated rings. The Morgan fingerprint density at radius 3 is 2.75 bits per heavy atom. The van der Waals surface area contributed by atoms with Crippen LogP contribution in [0.2, 0.25) is 0 Å². The van der Waals surface area contributed by atoms with Crippen LogP contribution in [-0.4, -0.2) is 18.8 Å². The Hall–Kier alpha value is -0.0800. The first-order valence-corrected chi connectivity index (χ1v) is 3.13. The monoisotopic (exact) mass is 112 g/mol. The molecule has 2 heteroatoms. The van der Waals surface area contributed by atoms with Crippen LogP contribution >= 0.6 is 0 Å². The van der Waals surface area contributed by atoms with Crippen LogP contribution < -0.4 is 5.32 Å². The van der Waals surface area contributed by atoms with Crippen LogP contribution in [0.3, 0.4) is 0 Å². The van der Waals surface area contributed by atoms with Gasteiger partial charge in [0.15, 0.2) is 0 Å². The van der Waals surface area contributed by atoms with E-state index in [0.29, 0.717) is 0 Å². The van der Waals surface area contributed by atoms with Gasteiger partial charge >= 0.3 is 0 Å². The van der Waals surface area contributed by atoms with E-state index in [9.17, 15) is 0 Å². The van der Waals surface area contributed by atoms with Crippen molar-refractivity contribution in [3.05, 3.63) is 6.54 Å². The van der Waals surface area contributed by atoms with Crippen molar-refractivity contribution in [2.24, 2.45) is 0 Å². The molecule has 0 saturated carbocycles. The standard InChI is InChI=1S/C6H10NO/c1-2-6(8-3-1)4-7-5-6/h4,7H,1-3,5H2. The molecule has 0 aromatic heterocycles. The minimum atomic E-state index is 0.181. The summed E-state index contributed by atoms with van der Waals surface area (Å²) in [6, 6.07) is 0. The number of hydrogen-bond acceptors (Lipinski definition) is 2. The third-order valence-electron chi connectivity index (χ3n) is 1.90. The van der Waals surface area contributed by atoms with E-state index in [4.69, 9.17) is 4.74 Å². The van der Waals surface area contributed by atoms with E-state index in [1.807, 2.05) is 0 Å². The van der Waals surface area contributed by atoms with E-state index >= 15 is 0 Å². The van der Waals surface area contributed by atoms with Crippen LogP contribution in [-0.2, 0) is 4.74 Å². The Bertz CT molecular complexity index is 90.7. The third kappa shape index (κ3) is 0.501. The maximum absolute atomic E-state index is 5.46. The van der Waals surface area contributed by atoms with E-state index in [2.05, 4.69) is 11.9 Å².